The summed E-state index contributed by atoms with van der Waals surface area (Å²) >= 11 is 0. The Morgan fingerprint density at radius 2 is 0.721 bits per heavy atom. The SMILES string of the molecule is CC/C=C\C/C=C\C/C=C\C/C=C\C/C=C\C/C=C\C/C=C\C/C=C\CCCCCCCCCCCCCCCCC(=O)NC(COC1OC(CO)C(O)C(O)C1O)C(O)CCCCCCCCCCCCCCCCCCCCCCCCCC. The molecule has 1 saturated heterocycles. The van der Waals surface area contributed by atoms with Crippen LogP contribution in [0.1, 0.15) is 328 Å². The number of ether oxygens (including phenoxy) is 2. The monoisotopic (exact) mass is 1200 g/mol. The molecule has 7 atom stereocenters. The molecule has 1 fully saturated rings. The average molecular weight is 1200 g/mol. The predicted octanol–water partition coefficient (Wildman–Crippen LogP) is 20.3. The second-order valence-electron chi connectivity index (χ2n) is 25.0. The maximum absolute atomic E-state index is 13.2. The smallest absolute Gasteiger partial charge is 0.220 e. The molecule has 0 aromatic heterocycles. The van der Waals surface area contributed by atoms with Gasteiger partial charge < -0.3 is 40.3 Å². The number of hydrogen-bond donors (Lipinski definition) is 6. The molecule has 1 heterocycles. The highest BCUT2D eigenvalue weighted by Crippen LogP contribution is 2.24. The lowest BCUT2D eigenvalue weighted by Crippen LogP contribution is -2.60. The van der Waals surface area contributed by atoms with E-state index >= 15 is 0 Å². The first-order valence-corrected chi connectivity index (χ1v) is 36.4. The molecule has 498 valence electrons. The summed E-state index contributed by atoms with van der Waals surface area (Å²) in [7, 11) is 0. The van der Waals surface area contributed by atoms with E-state index in [-0.39, 0.29) is 12.5 Å². The van der Waals surface area contributed by atoms with E-state index in [2.05, 4.69) is 116 Å². The molecular formula is C77H137NO8. The van der Waals surface area contributed by atoms with Crippen molar-refractivity contribution in [1.29, 1.82) is 0 Å². The lowest BCUT2D eigenvalue weighted by atomic mass is 9.99. The topological polar surface area (TPSA) is 149 Å². The van der Waals surface area contributed by atoms with E-state index in [0.29, 0.717) is 12.8 Å². The Balaban J connectivity index is 2.10. The number of nitrogens with one attached hydrogen (secondary N) is 1. The minimum Gasteiger partial charge on any atom is -0.394 e. The van der Waals surface area contributed by atoms with Crippen LogP contribution >= 0.6 is 0 Å². The largest absolute Gasteiger partial charge is 0.394 e. The number of rotatable bonds is 63. The van der Waals surface area contributed by atoms with Crippen LogP contribution in [0.5, 0.6) is 0 Å². The van der Waals surface area contributed by atoms with Gasteiger partial charge in [0.25, 0.3) is 0 Å². The molecule has 9 nitrogen and oxygen atoms in total. The molecule has 6 N–H and O–H groups in total. The third-order valence-electron chi connectivity index (χ3n) is 17.0. The molecule has 9 heteroatoms. The third kappa shape index (κ3) is 53.0. The summed E-state index contributed by atoms with van der Waals surface area (Å²) in [5.74, 6) is -0.143. The Morgan fingerprint density at radius 1 is 0.407 bits per heavy atom. The van der Waals surface area contributed by atoms with Crippen molar-refractivity contribution in [3.8, 4) is 0 Å². The van der Waals surface area contributed by atoms with Crippen molar-refractivity contribution in [2.24, 2.45) is 0 Å². The summed E-state index contributed by atoms with van der Waals surface area (Å²) < 4.78 is 11.4. The first-order valence-electron chi connectivity index (χ1n) is 36.4. The summed E-state index contributed by atoms with van der Waals surface area (Å²) in [4.78, 5) is 13.2. The van der Waals surface area contributed by atoms with Crippen molar-refractivity contribution < 1.29 is 39.8 Å². The van der Waals surface area contributed by atoms with Crippen LogP contribution in [0, 0.1) is 0 Å². The van der Waals surface area contributed by atoms with Gasteiger partial charge in [0.1, 0.15) is 24.4 Å². The number of allylic oxidation sites excluding steroid dienone is 16. The van der Waals surface area contributed by atoms with Gasteiger partial charge in [0.2, 0.25) is 5.91 Å². The summed E-state index contributed by atoms with van der Waals surface area (Å²) in [5, 5.41) is 55.0. The van der Waals surface area contributed by atoms with Crippen LogP contribution in [-0.2, 0) is 14.3 Å². The van der Waals surface area contributed by atoms with E-state index in [0.717, 1.165) is 89.9 Å². The van der Waals surface area contributed by atoms with Gasteiger partial charge in [0, 0.05) is 6.42 Å². The zero-order valence-corrected chi connectivity index (χ0v) is 55.8. The zero-order chi connectivity index (χ0) is 62.1. The Bertz CT molecular complexity index is 1680. The van der Waals surface area contributed by atoms with E-state index in [4.69, 9.17) is 9.47 Å². The number of aliphatic hydroxyl groups excluding tert-OH is 5. The second kappa shape index (κ2) is 65.1. The maximum atomic E-state index is 13.2. The Labute approximate surface area is 530 Å². The quantitative estimate of drug-likeness (QED) is 0.0261. The standard InChI is InChI=1S/C77H137NO8/c1-3-5-7-9-11-13-15-17-19-21-23-25-27-29-30-31-32-33-34-35-36-37-38-39-40-41-42-43-45-47-49-51-53-55-57-59-61-63-65-67-73(81)78-70(69-85-77-76(84)75(83)74(82)72(68-79)86-77)71(80)66-64-62-60-58-56-54-52-50-48-46-44-28-26-24-22-20-18-16-14-12-10-8-6-4-2/h5,7,11,13,17,19,23,25,29-30,32-33,35-36,38-39,70-72,74-77,79-80,82-84H,3-4,6,8-10,12,14-16,18,20-22,24,26-28,31,34,37,40-69H2,1-2H3,(H,78,81)/b7-5-,13-11-,19-17-,25-23-,30-29-,33-32-,36-35-,39-38-. The molecule has 0 aromatic rings. The number of unbranched alkanes of at least 4 members (excludes halogenated alkanes) is 37. The van der Waals surface area contributed by atoms with Crippen molar-refractivity contribution in [3.05, 3.63) is 97.2 Å². The minimum absolute atomic E-state index is 0.139. The molecule has 0 saturated carbocycles. The maximum Gasteiger partial charge on any atom is 0.220 e. The normalized spacial score (nSPS) is 18.6. The number of carbonyl (C=O) groups excluding carboxylic acids is 1. The van der Waals surface area contributed by atoms with Crippen molar-refractivity contribution in [1.82, 2.24) is 5.32 Å². The predicted molar refractivity (Wildman–Crippen MR) is 368 cm³/mol. The Kier molecular flexibility index (Phi) is 61.4. The molecule has 0 spiro atoms. The van der Waals surface area contributed by atoms with E-state index in [9.17, 15) is 30.3 Å². The van der Waals surface area contributed by atoms with Crippen LogP contribution < -0.4 is 5.32 Å². The fraction of sp³-hybridized carbons (Fsp3) is 0.779. The highest BCUT2D eigenvalue weighted by molar-refractivity contribution is 5.76. The van der Waals surface area contributed by atoms with Gasteiger partial charge in [-0.2, -0.15) is 0 Å². The van der Waals surface area contributed by atoms with Crippen molar-refractivity contribution in [2.45, 2.75) is 371 Å². The van der Waals surface area contributed by atoms with Crippen LogP contribution in [-0.4, -0.2) is 87.5 Å². The van der Waals surface area contributed by atoms with E-state index in [1.807, 2.05) is 0 Å². The molecule has 1 aliphatic rings. The molecule has 7 unspecified atom stereocenters. The molecular weight excluding hydrogens is 1070 g/mol. The van der Waals surface area contributed by atoms with Gasteiger partial charge in [0.15, 0.2) is 6.29 Å². The van der Waals surface area contributed by atoms with Gasteiger partial charge in [-0.25, -0.2) is 0 Å². The molecule has 0 aromatic carbocycles. The summed E-state index contributed by atoms with van der Waals surface area (Å²) in [6, 6.07) is -0.725. The first kappa shape index (κ1) is 81.1. The fourth-order valence-corrected chi connectivity index (χ4v) is 11.3. The molecule has 0 radical (unpaired) electrons. The molecule has 1 rings (SSSR count). The van der Waals surface area contributed by atoms with Crippen LogP contribution in [0.25, 0.3) is 0 Å². The second-order valence-corrected chi connectivity index (χ2v) is 25.0. The van der Waals surface area contributed by atoms with E-state index in [1.165, 1.54) is 212 Å². The Hall–Kier alpha value is -2.89. The van der Waals surface area contributed by atoms with Gasteiger partial charge in [-0.3, -0.25) is 4.79 Å². The summed E-state index contributed by atoms with van der Waals surface area (Å²) in [6.07, 6.45) is 87.6. The third-order valence-corrected chi connectivity index (χ3v) is 17.0. The van der Waals surface area contributed by atoms with Crippen molar-refractivity contribution >= 4 is 5.91 Å². The highest BCUT2D eigenvalue weighted by Gasteiger charge is 2.44. The van der Waals surface area contributed by atoms with Gasteiger partial charge in [0.05, 0.1) is 25.4 Å². The van der Waals surface area contributed by atoms with Crippen LogP contribution in [0.4, 0.5) is 0 Å². The molecule has 1 amide bonds. The van der Waals surface area contributed by atoms with Crippen LogP contribution in [0.15, 0.2) is 97.2 Å². The van der Waals surface area contributed by atoms with Crippen LogP contribution in [0.3, 0.4) is 0 Å². The number of hydrogen-bond acceptors (Lipinski definition) is 8. The molecule has 0 aliphatic carbocycles. The van der Waals surface area contributed by atoms with Crippen molar-refractivity contribution in [3.63, 3.8) is 0 Å². The van der Waals surface area contributed by atoms with Gasteiger partial charge in [-0.1, -0.05) is 342 Å². The van der Waals surface area contributed by atoms with E-state index < -0.39 is 49.5 Å². The lowest BCUT2D eigenvalue weighted by molar-refractivity contribution is -0.302. The van der Waals surface area contributed by atoms with Gasteiger partial charge in [-0.05, 0) is 77.0 Å². The highest BCUT2D eigenvalue weighted by atomic mass is 16.7. The first-order chi connectivity index (χ1) is 42.3. The zero-order valence-electron chi connectivity index (χ0n) is 55.8. The van der Waals surface area contributed by atoms with Crippen LogP contribution in [0.2, 0.25) is 0 Å². The molecule has 86 heavy (non-hydrogen) atoms. The Morgan fingerprint density at radius 3 is 1.07 bits per heavy atom. The van der Waals surface area contributed by atoms with Gasteiger partial charge in [-0.15, -0.1) is 0 Å². The molecule has 0 bridgehead atoms. The van der Waals surface area contributed by atoms with Crippen molar-refractivity contribution in [2.75, 3.05) is 13.2 Å². The lowest BCUT2D eigenvalue weighted by Gasteiger charge is -2.40. The van der Waals surface area contributed by atoms with E-state index in [1.54, 1.807) is 0 Å². The number of aliphatic hydroxyl groups is 5. The number of amides is 1. The summed E-state index contributed by atoms with van der Waals surface area (Å²) in [6.45, 7) is 3.76. The average Bonchev–Trinajstić information content (AvgIpc) is 3.55. The number of carbonyl (C=O) groups is 1. The molecule has 1 aliphatic heterocycles. The minimum atomic E-state index is -1.56. The summed E-state index contributed by atoms with van der Waals surface area (Å²) in [5.41, 5.74) is 0. The fourth-order valence-electron chi connectivity index (χ4n) is 11.3. The van der Waals surface area contributed by atoms with Gasteiger partial charge >= 0.3 is 0 Å².